The fraction of sp³-hybridized carbons (Fsp3) is 0.500. The highest BCUT2D eigenvalue weighted by Crippen LogP contribution is 2.28. The van der Waals surface area contributed by atoms with E-state index in [1.807, 2.05) is 11.0 Å². The molecule has 0 radical (unpaired) electrons. The molecular weight excluding hydrogens is 245 g/mol. The Morgan fingerprint density at radius 1 is 1.42 bits per heavy atom. The molecule has 0 saturated carbocycles. The van der Waals surface area contributed by atoms with Crippen molar-refractivity contribution < 1.29 is 9.13 Å². The third-order valence-corrected chi connectivity index (χ3v) is 4.00. The van der Waals surface area contributed by atoms with Gasteiger partial charge in [-0.3, -0.25) is 4.90 Å². The Balaban J connectivity index is 1.83. The highest BCUT2D eigenvalue weighted by Gasteiger charge is 2.39. The fourth-order valence-corrected chi connectivity index (χ4v) is 2.89. The van der Waals surface area contributed by atoms with Crippen molar-refractivity contribution in [2.24, 2.45) is 0 Å². The normalized spacial score (nSPS) is 27.1. The number of rotatable bonds is 1. The summed E-state index contributed by atoms with van der Waals surface area (Å²) in [6.07, 6.45) is 0.147. The molecule has 19 heavy (non-hydrogen) atoms. The summed E-state index contributed by atoms with van der Waals surface area (Å²) in [4.78, 5) is 4.28. The monoisotopic (exact) mass is 261 g/mol. The number of nitriles is 1. The second-order valence-electron chi connectivity index (χ2n) is 5.14. The number of fused-ring (bicyclic) bond motifs is 1. The first kappa shape index (κ1) is 12.4. The average Bonchev–Trinajstić information content (AvgIpc) is 2.83. The van der Waals surface area contributed by atoms with Crippen LogP contribution in [0.4, 0.5) is 10.1 Å². The van der Waals surface area contributed by atoms with Crippen LogP contribution in [0.1, 0.15) is 5.56 Å². The molecular formula is C14H16FN3O. The Morgan fingerprint density at radius 2 is 2.26 bits per heavy atom. The molecule has 1 aromatic rings. The second-order valence-corrected chi connectivity index (χ2v) is 5.14. The van der Waals surface area contributed by atoms with Crippen LogP contribution in [0, 0.1) is 17.1 Å². The first-order valence-electron chi connectivity index (χ1n) is 6.45. The third-order valence-electron chi connectivity index (χ3n) is 4.00. The van der Waals surface area contributed by atoms with Gasteiger partial charge in [0.25, 0.3) is 0 Å². The first-order valence-corrected chi connectivity index (χ1v) is 6.45. The summed E-state index contributed by atoms with van der Waals surface area (Å²) in [5.74, 6) is -0.333. The van der Waals surface area contributed by atoms with Crippen molar-refractivity contribution in [2.75, 3.05) is 38.2 Å². The van der Waals surface area contributed by atoms with Crippen LogP contribution in [0.2, 0.25) is 0 Å². The summed E-state index contributed by atoms with van der Waals surface area (Å²) in [6, 6.07) is 6.91. The van der Waals surface area contributed by atoms with E-state index >= 15 is 0 Å². The lowest BCUT2D eigenvalue weighted by atomic mass is 10.1. The largest absolute Gasteiger partial charge is 0.373 e. The molecule has 0 N–H and O–H groups in total. The molecule has 3 rings (SSSR count). The molecule has 0 amide bonds. The standard InChI is InChI=1S/C14H16FN3O/c1-17-4-5-19-14-9-18(8-13(14)17)12-3-2-10(7-16)6-11(12)15/h2-3,6,13-14H,4-5,8-9H2,1H3. The topological polar surface area (TPSA) is 39.5 Å². The number of nitrogens with zero attached hydrogens (tertiary/aromatic N) is 3. The molecule has 0 bridgehead atoms. The molecule has 1 aromatic carbocycles. The summed E-state index contributed by atoms with van der Waals surface area (Å²) in [7, 11) is 2.08. The Hall–Kier alpha value is -1.64. The molecule has 0 aromatic heterocycles. The molecule has 2 fully saturated rings. The van der Waals surface area contributed by atoms with Crippen LogP contribution in [0.15, 0.2) is 18.2 Å². The molecule has 2 saturated heterocycles. The quantitative estimate of drug-likeness (QED) is 0.762. The van der Waals surface area contributed by atoms with Crippen LogP contribution >= 0.6 is 0 Å². The maximum Gasteiger partial charge on any atom is 0.147 e. The number of likely N-dealkylation sites (N-methyl/N-ethyl adjacent to an activating group) is 1. The molecule has 2 heterocycles. The number of benzene rings is 1. The highest BCUT2D eigenvalue weighted by atomic mass is 19.1. The van der Waals surface area contributed by atoms with Crippen molar-refractivity contribution in [3.63, 3.8) is 0 Å². The molecule has 0 aliphatic carbocycles. The van der Waals surface area contributed by atoms with Crippen LogP contribution < -0.4 is 4.90 Å². The Bertz CT molecular complexity index is 528. The summed E-state index contributed by atoms with van der Waals surface area (Å²) in [6.45, 7) is 3.13. The van der Waals surface area contributed by atoms with Crippen molar-refractivity contribution in [1.82, 2.24) is 4.90 Å². The van der Waals surface area contributed by atoms with Gasteiger partial charge >= 0.3 is 0 Å². The van der Waals surface area contributed by atoms with E-state index in [-0.39, 0.29) is 11.9 Å². The average molecular weight is 261 g/mol. The fourth-order valence-electron chi connectivity index (χ4n) is 2.89. The van der Waals surface area contributed by atoms with E-state index in [2.05, 4.69) is 11.9 Å². The van der Waals surface area contributed by atoms with E-state index in [0.29, 0.717) is 23.8 Å². The van der Waals surface area contributed by atoms with Crippen LogP contribution in [0.25, 0.3) is 0 Å². The second kappa shape index (κ2) is 4.80. The smallest absolute Gasteiger partial charge is 0.147 e. The Morgan fingerprint density at radius 3 is 2.95 bits per heavy atom. The predicted molar refractivity (Wildman–Crippen MR) is 69.5 cm³/mol. The Labute approximate surface area is 112 Å². The van der Waals surface area contributed by atoms with Gasteiger partial charge in [0, 0.05) is 19.6 Å². The maximum absolute atomic E-state index is 14.0. The summed E-state index contributed by atoms with van der Waals surface area (Å²) >= 11 is 0. The van der Waals surface area contributed by atoms with Gasteiger partial charge < -0.3 is 9.64 Å². The zero-order chi connectivity index (χ0) is 13.4. The SMILES string of the molecule is CN1CCOC2CN(c3ccc(C#N)cc3F)CC21. The minimum Gasteiger partial charge on any atom is -0.373 e. The lowest BCUT2D eigenvalue weighted by molar-refractivity contribution is -0.0362. The van der Waals surface area contributed by atoms with Gasteiger partial charge in [0.1, 0.15) is 5.82 Å². The predicted octanol–water partition coefficient (Wildman–Crippen LogP) is 1.22. The molecule has 0 spiro atoms. The number of hydrogen-bond acceptors (Lipinski definition) is 4. The zero-order valence-electron chi connectivity index (χ0n) is 10.8. The Kier molecular flexibility index (Phi) is 3.13. The minimum atomic E-state index is -0.333. The molecule has 2 aliphatic rings. The van der Waals surface area contributed by atoms with Crippen LogP contribution in [0.3, 0.4) is 0 Å². The summed E-state index contributed by atoms with van der Waals surface area (Å²) in [5.41, 5.74) is 0.914. The van der Waals surface area contributed by atoms with Crippen LogP contribution in [-0.4, -0.2) is 50.3 Å². The van der Waals surface area contributed by atoms with Gasteiger partial charge in [-0.05, 0) is 25.2 Å². The van der Waals surface area contributed by atoms with Crippen LogP contribution in [0.5, 0.6) is 0 Å². The van der Waals surface area contributed by atoms with Gasteiger partial charge in [0.2, 0.25) is 0 Å². The van der Waals surface area contributed by atoms with Crippen molar-refractivity contribution in [3.8, 4) is 6.07 Å². The molecule has 100 valence electrons. The van der Waals surface area contributed by atoms with E-state index in [0.717, 1.165) is 19.7 Å². The van der Waals surface area contributed by atoms with Crippen molar-refractivity contribution in [3.05, 3.63) is 29.6 Å². The van der Waals surface area contributed by atoms with E-state index in [1.165, 1.54) is 6.07 Å². The third kappa shape index (κ3) is 2.18. The van der Waals surface area contributed by atoms with Gasteiger partial charge in [-0.15, -0.1) is 0 Å². The molecule has 4 nitrogen and oxygen atoms in total. The summed E-state index contributed by atoms with van der Waals surface area (Å²) < 4.78 is 19.8. The van der Waals surface area contributed by atoms with Crippen LogP contribution in [-0.2, 0) is 4.74 Å². The minimum absolute atomic E-state index is 0.147. The van der Waals surface area contributed by atoms with E-state index in [1.54, 1.807) is 12.1 Å². The van der Waals surface area contributed by atoms with Gasteiger partial charge in [0.15, 0.2) is 0 Å². The van der Waals surface area contributed by atoms with Gasteiger partial charge in [-0.25, -0.2) is 4.39 Å². The lowest BCUT2D eigenvalue weighted by Gasteiger charge is -2.33. The molecule has 2 unspecified atom stereocenters. The van der Waals surface area contributed by atoms with Crippen molar-refractivity contribution >= 4 is 5.69 Å². The molecule has 2 atom stereocenters. The summed E-state index contributed by atoms with van der Waals surface area (Å²) in [5, 5.41) is 8.76. The van der Waals surface area contributed by atoms with Crippen molar-refractivity contribution in [2.45, 2.75) is 12.1 Å². The maximum atomic E-state index is 14.0. The molecule has 5 heteroatoms. The van der Waals surface area contributed by atoms with E-state index in [9.17, 15) is 4.39 Å². The van der Waals surface area contributed by atoms with Gasteiger partial charge in [0.05, 0.1) is 36.1 Å². The van der Waals surface area contributed by atoms with Gasteiger partial charge in [-0.2, -0.15) is 5.26 Å². The highest BCUT2D eigenvalue weighted by molar-refractivity contribution is 5.52. The number of halogens is 1. The number of ether oxygens (including phenoxy) is 1. The van der Waals surface area contributed by atoms with E-state index in [4.69, 9.17) is 10.00 Å². The number of morpholine rings is 1. The van der Waals surface area contributed by atoms with Gasteiger partial charge in [-0.1, -0.05) is 0 Å². The lowest BCUT2D eigenvalue weighted by Crippen LogP contribution is -2.48. The first-order chi connectivity index (χ1) is 9.19. The number of anilines is 1. The van der Waals surface area contributed by atoms with E-state index < -0.39 is 0 Å². The van der Waals surface area contributed by atoms with Crippen molar-refractivity contribution in [1.29, 1.82) is 5.26 Å². The zero-order valence-corrected chi connectivity index (χ0v) is 10.8. The molecule has 2 aliphatic heterocycles. The number of hydrogen-bond donors (Lipinski definition) is 0.